The molecule has 0 aliphatic heterocycles. The quantitative estimate of drug-likeness (QED) is 0.198. The van der Waals surface area contributed by atoms with E-state index in [0.717, 1.165) is 0 Å². The first-order valence-corrected chi connectivity index (χ1v) is 3.46. The van der Waals surface area contributed by atoms with Crippen molar-refractivity contribution >= 4 is 54.1 Å². The van der Waals surface area contributed by atoms with Gasteiger partial charge < -0.3 is 39.7 Å². The first-order chi connectivity index (χ1) is 3.73. The molecule has 0 heterocycles. The summed E-state index contributed by atoms with van der Waals surface area (Å²) in [5.74, 6) is 0. The van der Waals surface area contributed by atoms with Gasteiger partial charge >= 0.3 is 54.1 Å². The molecule has 11 heavy (non-hydrogen) atoms. The topological polar surface area (TPSA) is 173 Å². The first-order valence-electron chi connectivity index (χ1n) is 1.67. The molecule has 0 unspecified atom stereocenters. The van der Waals surface area contributed by atoms with Gasteiger partial charge in [0.05, 0.1) is 0 Å². The van der Waals surface area contributed by atoms with E-state index in [0.29, 0.717) is 0 Å². The summed E-state index contributed by atoms with van der Waals surface area (Å²) in [4.78, 5) is 29.3. The van der Waals surface area contributed by atoms with E-state index >= 15 is 0 Å². The van der Waals surface area contributed by atoms with Gasteiger partial charge in [-0.25, -0.2) is 0 Å². The second-order valence-corrected chi connectivity index (χ2v) is 2.15. The summed E-state index contributed by atoms with van der Waals surface area (Å²) in [5.41, 5.74) is 0. The van der Waals surface area contributed by atoms with Crippen molar-refractivity contribution in [2.24, 2.45) is 0 Å². The molecule has 0 saturated heterocycles. The Balaban J connectivity index is -0.0000000383. The average Bonchev–Trinajstić information content (AvgIpc) is 1.19. The third-order valence-electron chi connectivity index (χ3n) is 0. The predicted octanol–water partition coefficient (Wildman–Crippen LogP) is -6.40. The molecule has 68 valence electrons. The molecule has 0 atom stereocenters. The van der Waals surface area contributed by atoms with Gasteiger partial charge in [0.2, 0.25) is 0 Å². The second-order valence-electron chi connectivity index (χ2n) is 0.946. The normalized spacial score (nSPS) is 7.91. The fourth-order valence-electron chi connectivity index (χ4n) is 0. The Kier molecular flexibility index (Phi) is 23.2. The van der Waals surface area contributed by atoms with E-state index in [1.807, 2.05) is 0 Å². The Hall–Kier alpha value is 1.22. The predicted molar refractivity (Wildman–Crippen MR) is 39.2 cm³/mol. The molecule has 0 amide bonds. The van der Waals surface area contributed by atoms with Gasteiger partial charge in [0.25, 0.3) is 0 Å². The van der Waals surface area contributed by atoms with E-state index in [2.05, 4.69) is 0 Å². The van der Waals surface area contributed by atoms with Crippen LogP contribution in [0.3, 0.4) is 0 Å². The number of rotatable bonds is 0. The molecule has 0 aliphatic carbocycles. The zero-order valence-corrected chi connectivity index (χ0v) is 5.71. The van der Waals surface area contributed by atoms with Gasteiger partial charge in [-0.3, -0.25) is 0 Å². The summed E-state index contributed by atoms with van der Waals surface area (Å²) in [6.07, 6.45) is 0. The molecule has 0 aliphatic rings. The van der Waals surface area contributed by atoms with Crippen LogP contribution in [0, 0.1) is 0 Å². The molecule has 8 nitrogen and oxygen atoms in total. The molecule has 0 fully saturated rings. The molecule has 11 heteroatoms. The van der Waals surface area contributed by atoms with Crippen LogP contribution in [0.25, 0.3) is 0 Å². The van der Waals surface area contributed by atoms with Gasteiger partial charge in [0, 0.05) is 0 Å². The summed E-state index contributed by atoms with van der Waals surface area (Å²) in [5, 5.41) is 21.5. The zero-order chi connectivity index (χ0) is 8.08. The Morgan fingerprint density at radius 1 is 0.818 bits per heavy atom. The van der Waals surface area contributed by atoms with E-state index < -0.39 is 16.4 Å². The zero-order valence-electron chi connectivity index (χ0n) is 4.71. The van der Waals surface area contributed by atoms with E-state index in [9.17, 15) is 0 Å². The van der Waals surface area contributed by atoms with Crippen LogP contribution in [0.15, 0.2) is 0 Å². The molecule has 9 N–H and O–H groups in total. The monoisotopic (exact) mass is 218 g/mol. The van der Waals surface area contributed by atoms with Gasteiger partial charge in [0.1, 0.15) is 0 Å². The Morgan fingerprint density at radius 2 is 0.818 bits per heavy atom. The molecule has 0 bridgehead atoms. The molecule has 0 spiro atoms. The van der Waals surface area contributed by atoms with E-state index in [1.165, 1.54) is 0 Å². The summed E-state index contributed by atoms with van der Waals surface area (Å²) >= 11 is 0. The fourth-order valence-corrected chi connectivity index (χ4v) is 0. The van der Waals surface area contributed by atoms with Gasteiger partial charge in [-0.05, 0) is 0 Å². The van der Waals surface area contributed by atoms with Crippen molar-refractivity contribution in [1.82, 2.24) is 0 Å². The van der Waals surface area contributed by atoms with Crippen molar-refractivity contribution in [1.29, 1.82) is 0 Å². The maximum atomic E-state index is 7.33. The molecular weight excluding hydrogens is 207 g/mol. The van der Waals surface area contributed by atoms with Crippen LogP contribution in [0.5, 0.6) is 0 Å². The molecule has 0 rings (SSSR count). The van der Waals surface area contributed by atoms with Crippen molar-refractivity contribution in [3.63, 3.8) is 0 Å². The average molecular weight is 218 g/mol. The minimum absolute atomic E-state index is 0. The summed E-state index contributed by atoms with van der Waals surface area (Å²) in [6, 6.07) is 0. The van der Waals surface area contributed by atoms with E-state index in [1.54, 1.807) is 0 Å². The summed E-state index contributed by atoms with van der Waals surface area (Å²) in [6.45, 7) is 0. The molecule has 0 saturated carbocycles. The second kappa shape index (κ2) is 11.2. The minimum atomic E-state index is -4.61. The summed E-state index contributed by atoms with van der Waals surface area (Å²) in [7, 11) is -6.78. The Labute approximate surface area is 93.3 Å². The number of hydrogen-bond acceptors (Lipinski definition) is 7. The van der Waals surface area contributed by atoms with Crippen LogP contribution in [-0.4, -0.2) is 93.8 Å². The van der Waals surface area contributed by atoms with Gasteiger partial charge in [-0.2, -0.15) is 0 Å². The standard InChI is InChI=1S/BH3O3.Ca.H4O4Si.H2O.2H/c2-1(3)4;;1-5(2,3)4;;;/h2-4H;;1-4H;1H2;;. The van der Waals surface area contributed by atoms with Crippen molar-refractivity contribution < 1.29 is 39.7 Å². The van der Waals surface area contributed by atoms with Gasteiger partial charge in [-0.15, -0.1) is 0 Å². The Bertz CT molecular complexity index is 50.8. The third-order valence-corrected chi connectivity index (χ3v) is 0. The Morgan fingerprint density at radius 3 is 0.818 bits per heavy atom. The van der Waals surface area contributed by atoms with Crippen LogP contribution in [0.1, 0.15) is 0 Å². The molecule has 0 aromatic carbocycles. The van der Waals surface area contributed by atoms with Crippen LogP contribution >= 0.6 is 0 Å². The van der Waals surface area contributed by atoms with Gasteiger partial charge in [0.15, 0.2) is 0 Å². The van der Waals surface area contributed by atoms with E-state index in [4.69, 9.17) is 34.3 Å². The van der Waals surface area contributed by atoms with Crippen molar-refractivity contribution in [3.05, 3.63) is 0 Å². The van der Waals surface area contributed by atoms with Crippen molar-refractivity contribution in [3.8, 4) is 0 Å². The molecular formula is H11BCaO8Si. The third kappa shape index (κ3) is 639. The maximum absolute atomic E-state index is 7.33. The molecule has 0 aromatic rings. The van der Waals surface area contributed by atoms with E-state index in [-0.39, 0.29) is 43.2 Å². The van der Waals surface area contributed by atoms with Crippen LogP contribution < -0.4 is 0 Å². The van der Waals surface area contributed by atoms with Crippen molar-refractivity contribution in [2.75, 3.05) is 0 Å². The SMILES string of the molecule is O.OB(O)O.O[Si](O)(O)O.[CaH2]. The van der Waals surface area contributed by atoms with Crippen LogP contribution in [0.4, 0.5) is 0 Å². The van der Waals surface area contributed by atoms with Crippen molar-refractivity contribution in [2.45, 2.75) is 0 Å². The fraction of sp³-hybridized carbons (Fsp3) is 0. The molecule has 0 aromatic heterocycles. The van der Waals surface area contributed by atoms with Crippen LogP contribution in [-0.2, 0) is 0 Å². The summed E-state index contributed by atoms with van der Waals surface area (Å²) < 4.78 is 0. The molecule has 0 radical (unpaired) electrons. The first kappa shape index (κ1) is 22.8. The van der Waals surface area contributed by atoms with Gasteiger partial charge in [-0.1, -0.05) is 0 Å². The van der Waals surface area contributed by atoms with Crippen LogP contribution in [0.2, 0.25) is 0 Å². The number of hydrogen-bond donors (Lipinski definition) is 7.